The molecule has 0 aliphatic carbocycles. The van der Waals surface area contributed by atoms with Gasteiger partial charge in [0.1, 0.15) is 5.82 Å². The number of aromatic nitrogens is 5. The number of allylic oxidation sites excluding steroid dienone is 1. The average Bonchev–Trinajstić information content (AvgIpc) is 2.81. The van der Waals surface area contributed by atoms with E-state index in [9.17, 15) is 0 Å². The van der Waals surface area contributed by atoms with Gasteiger partial charge in [-0.3, -0.25) is 15.0 Å². The molecule has 8 nitrogen and oxygen atoms in total. The number of fused-ring (bicyclic) bond motifs is 6. The lowest BCUT2D eigenvalue weighted by Gasteiger charge is -2.18. The summed E-state index contributed by atoms with van der Waals surface area (Å²) in [4.78, 5) is 18.2. The van der Waals surface area contributed by atoms with E-state index in [0.717, 1.165) is 44.4 Å². The minimum absolute atomic E-state index is 0.0803. The van der Waals surface area contributed by atoms with Crippen LogP contribution in [0.1, 0.15) is 29.5 Å². The van der Waals surface area contributed by atoms with Crippen molar-refractivity contribution in [3.8, 4) is 11.1 Å². The predicted octanol–water partition coefficient (Wildman–Crippen LogP) is 3.69. The van der Waals surface area contributed by atoms with Crippen LogP contribution in [0.2, 0.25) is 0 Å². The molecule has 1 atom stereocenters. The smallest absolute Gasteiger partial charge is 0.154 e. The van der Waals surface area contributed by atoms with Crippen molar-refractivity contribution in [2.24, 2.45) is 10.7 Å². The Balaban J connectivity index is 1.89. The van der Waals surface area contributed by atoms with E-state index >= 15 is 0 Å². The van der Waals surface area contributed by atoms with Crippen molar-refractivity contribution >= 4 is 34.5 Å². The third-order valence-electron chi connectivity index (χ3n) is 5.45. The Hall–Kier alpha value is -4.20. The largest absolute Gasteiger partial charge is 0.404 e. The van der Waals surface area contributed by atoms with E-state index in [1.165, 1.54) is 6.20 Å². The Labute approximate surface area is 179 Å². The van der Waals surface area contributed by atoms with Gasteiger partial charge in [-0.05, 0) is 35.4 Å². The zero-order valence-corrected chi connectivity index (χ0v) is 17.1. The maximum Gasteiger partial charge on any atom is 0.154 e. The number of hydrogen-bond donors (Lipinski definition) is 2. The number of nitrogens with one attached hydrogen (secondary N) is 1. The quantitative estimate of drug-likeness (QED) is 0.486. The monoisotopic (exact) mass is 408 g/mol. The number of nitrogens with zero attached hydrogens (tertiary/aromatic N) is 6. The number of pyridine rings is 3. The van der Waals surface area contributed by atoms with Crippen LogP contribution in [0.15, 0.2) is 60.2 Å². The maximum absolute atomic E-state index is 5.94. The summed E-state index contributed by atoms with van der Waals surface area (Å²) >= 11 is 0. The molecule has 8 heteroatoms. The predicted molar refractivity (Wildman–Crippen MR) is 122 cm³/mol. The number of aliphatic imine (C=N–C) groups is 1. The van der Waals surface area contributed by atoms with Crippen molar-refractivity contribution < 1.29 is 0 Å². The first-order valence-electron chi connectivity index (χ1n) is 9.87. The second-order valence-corrected chi connectivity index (χ2v) is 7.35. The molecule has 0 fully saturated rings. The van der Waals surface area contributed by atoms with Gasteiger partial charge in [0, 0.05) is 66.2 Å². The summed E-state index contributed by atoms with van der Waals surface area (Å²) < 4.78 is 0. The van der Waals surface area contributed by atoms with Gasteiger partial charge in [0.15, 0.2) is 5.82 Å². The maximum atomic E-state index is 5.94. The normalized spacial score (nSPS) is 15.5. The lowest BCUT2D eigenvalue weighted by Crippen LogP contribution is -2.05. The van der Waals surface area contributed by atoms with E-state index in [1.807, 2.05) is 36.8 Å². The second-order valence-electron chi connectivity index (χ2n) is 7.35. The molecule has 4 aromatic rings. The van der Waals surface area contributed by atoms with Crippen LogP contribution in [0.4, 0.5) is 11.6 Å². The van der Waals surface area contributed by atoms with Crippen LogP contribution in [-0.4, -0.2) is 38.4 Å². The molecule has 0 radical (unpaired) electrons. The first-order valence-corrected chi connectivity index (χ1v) is 9.87. The lowest BCUT2D eigenvalue weighted by molar-refractivity contribution is 0.880. The molecule has 6 bridgehead atoms. The molecule has 1 unspecified atom stereocenters. The van der Waals surface area contributed by atoms with E-state index in [4.69, 9.17) is 10.7 Å². The van der Waals surface area contributed by atoms with Crippen molar-refractivity contribution in [3.05, 3.63) is 71.9 Å². The molecule has 152 valence electrons. The highest BCUT2D eigenvalue weighted by Gasteiger charge is 2.19. The van der Waals surface area contributed by atoms with Gasteiger partial charge in [0.2, 0.25) is 0 Å². The summed E-state index contributed by atoms with van der Waals surface area (Å²) in [5, 5.41) is 11.6. The molecule has 0 saturated carbocycles. The third kappa shape index (κ3) is 3.28. The fourth-order valence-electron chi connectivity index (χ4n) is 3.82. The van der Waals surface area contributed by atoms with Gasteiger partial charge in [-0.25, -0.2) is 4.98 Å². The summed E-state index contributed by atoms with van der Waals surface area (Å²) in [6, 6.07) is 7.93. The van der Waals surface area contributed by atoms with Crippen molar-refractivity contribution in [1.29, 1.82) is 0 Å². The summed E-state index contributed by atoms with van der Waals surface area (Å²) in [6.07, 6.45) is 10.6. The Morgan fingerprint density at radius 3 is 2.81 bits per heavy atom. The number of nitrogens with two attached hydrogens (primary N) is 1. The van der Waals surface area contributed by atoms with Crippen molar-refractivity contribution in [1.82, 2.24) is 25.1 Å². The first kappa shape index (κ1) is 18.8. The molecule has 5 rings (SSSR count). The van der Waals surface area contributed by atoms with Gasteiger partial charge in [-0.1, -0.05) is 6.92 Å². The summed E-state index contributed by atoms with van der Waals surface area (Å²) in [5.74, 6) is 1.36. The third-order valence-corrected chi connectivity index (χ3v) is 5.45. The van der Waals surface area contributed by atoms with Gasteiger partial charge in [-0.2, -0.15) is 5.10 Å². The van der Waals surface area contributed by atoms with Crippen LogP contribution >= 0.6 is 0 Å². The zero-order chi connectivity index (χ0) is 21.4. The number of hydrogen-bond acceptors (Lipinski definition) is 8. The molecular formula is C23H20N8. The standard InChI is InChI=1S/C23H20N8/c1-13-14-5-16(10-26-9-14)22-18(17(7-24)8-25-2)12-27-19-3-4-20(30-23(19)22)29-21-6-15(13)11-28-31-21/h3-13H,24H2,1-2H3,(H,29,30,31). The molecule has 1 aliphatic rings. The Kier molecular flexibility index (Phi) is 4.59. The highest BCUT2D eigenvalue weighted by molar-refractivity contribution is 6.14. The Morgan fingerprint density at radius 1 is 1.10 bits per heavy atom. The van der Waals surface area contributed by atoms with Crippen LogP contribution in [0, 0.1) is 0 Å². The van der Waals surface area contributed by atoms with E-state index in [0.29, 0.717) is 11.6 Å². The molecule has 4 aromatic heterocycles. The molecule has 0 aromatic carbocycles. The summed E-state index contributed by atoms with van der Waals surface area (Å²) in [7, 11) is 1.71. The van der Waals surface area contributed by atoms with Crippen molar-refractivity contribution in [2.75, 3.05) is 12.4 Å². The molecule has 1 aliphatic heterocycles. The van der Waals surface area contributed by atoms with Gasteiger partial charge < -0.3 is 11.1 Å². The van der Waals surface area contributed by atoms with Crippen LogP contribution in [0.3, 0.4) is 0 Å². The van der Waals surface area contributed by atoms with E-state index in [-0.39, 0.29) is 5.92 Å². The van der Waals surface area contributed by atoms with Crippen LogP contribution in [-0.2, 0) is 0 Å². The van der Waals surface area contributed by atoms with Crippen LogP contribution < -0.4 is 11.1 Å². The zero-order valence-electron chi connectivity index (χ0n) is 17.1. The fourth-order valence-corrected chi connectivity index (χ4v) is 3.82. The van der Waals surface area contributed by atoms with Gasteiger partial charge >= 0.3 is 0 Å². The molecule has 31 heavy (non-hydrogen) atoms. The van der Waals surface area contributed by atoms with Gasteiger partial charge in [0.25, 0.3) is 0 Å². The average molecular weight is 408 g/mol. The van der Waals surface area contributed by atoms with Crippen molar-refractivity contribution in [3.63, 3.8) is 0 Å². The van der Waals surface area contributed by atoms with Crippen LogP contribution in [0.5, 0.6) is 0 Å². The van der Waals surface area contributed by atoms with Gasteiger partial charge in [0.05, 0.1) is 17.2 Å². The second kappa shape index (κ2) is 7.56. The molecule has 0 saturated heterocycles. The SMILES string of the molecule is CN=CC(=CN)c1cnc2ccc3nc2c1-c1cncc(c1)C(C)c1cnnc(c1)N3. The van der Waals surface area contributed by atoms with E-state index in [2.05, 4.69) is 43.5 Å². The minimum Gasteiger partial charge on any atom is -0.404 e. The van der Waals surface area contributed by atoms with Gasteiger partial charge in [-0.15, -0.1) is 5.10 Å². The molecular weight excluding hydrogens is 388 g/mol. The fraction of sp³-hybridized carbons (Fsp3) is 0.130. The van der Waals surface area contributed by atoms with E-state index < -0.39 is 0 Å². The minimum atomic E-state index is 0.0803. The van der Waals surface area contributed by atoms with Crippen molar-refractivity contribution in [2.45, 2.75) is 12.8 Å². The number of rotatable bonds is 2. The number of anilines is 2. The highest BCUT2D eigenvalue weighted by Crippen LogP contribution is 2.36. The molecule has 3 N–H and O–H groups in total. The topological polar surface area (TPSA) is 115 Å². The lowest BCUT2D eigenvalue weighted by atomic mass is 9.91. The van der Waals surface area contributed by atoms with E-state index in [1.54, 1.807) is 19.5 Å². The molecule has 5 heterocycles. The Bertz CT molecular complexity index is 1360. The first-order chi connectivity index (χ1) is 15.2. The molecule has 0 spiro atoms. The summed E-state index contributed by atoms with van der Waals surface area (Å²) in [5.41, 5.74) is 13.0. The highest BCUT2D eigenvalue weighted by atomic mass is 15.2. The van der Waals surface area contributed by atoms with Crippen LogP contribution in [0.25, 0.3) is 27.7 Å². The summed E-state index contributed by atoms with van der Waals surface area (Å²) in [6.45, 7) is 2.13. The molecule has 0 amide bonds. The Morgan fingerprint density at radius 2 is 1.97 bits per heavy atom.